The number of nitriles is 1. The van der Waals surface area contributed by atoms with Gasteiger partial charge in [0.1, 0.15) is 0 Å². The third-order valence-electron chi connectivity index (χ3n) is 1.57. The summed E-state index contributed by atoms with van der Waals surface area (Å²) in [6, 6.07) is 5.25. The molecule has 0 amide bonds. The topological polar surface area (TPSA) is 54.3 Å². The second-order valence-corrected chi connectivity index (χ2v) is 2.30. The first kappa shape index (κ1) is 6.80. The van der Waals surface area contributed by atoms with E-state index >= 15 is 0 Å². The Kier molecular flexibility index (Phi) is 1.49. The van der Waals surface area contributed by atoms with Gasteiger partial charge in [-0.05, 0) is 12.1 Å². The van der Waals surface area contributed by atoms with Crippen LogP contribution in [0.5, 0.6) is 11.5 Å². The van der Waals surface area contributed by atoms with E-state index in [0.717, 1.165) is 5.75 Å². The van der Waals surface area contributed by atoms with Crippen LogP contribution < -0.4 is 14.8 Å². The number of hydrogen-bond donors (Lipinski definition) is 1. The van der Waals surface area contributed by atoms with Crippen molar-refractivity contribution in [3.05, 3.63) is 18.2 Å². The third kappa shape index (κ3) is 1.01. The summed E-state index contributed by atoms with van der Waals surface area (Å²) in [6.07, 6.45) is 1.83. The molecular formula is C8H6N2O2. The lowest BCUT2D eigenvalue weighted by Gasteiger charge is -1.98. The highest BCUT2D eigenvalue weighted by atomic mass is 16.7. The number of hydrogen-bond acceptors (Lipinski definition) is 4. The Balaban J connectivity index is 2.34. The molecule has 4 heteroatoms. The molecule has 1 aliphatic rings. The molecule has 1 aliphatic heterocycles. The summed E-state index contributed by atoms with van der Waals surface area (Å²) in [6.45, 7) is 0.255. The van der Waals surface area contributed by atoms with E-state index in [1.807, 2.05) is 6.19 Å². The van der Waals surface area contributed by atoms with E-state index in [2.05, 4.69) is 5.32 Å². The molecule has 0 saturated carbocycles. The van der Waals surface area contributed by atoms with E-state index < -0.39 is 0 Å². The highest BCUT2D eigenvalue weighted by Crippen LogP contribution is 2.33. The number of anilines is 1. The van der Waals surface area contributed by atoms with Gasteiger partial charge in [0, 0.05) is 6.07 Å². The van der Waals surface area contributed by atoms with Crippen molar-refractivity contribution in [2.75, 3.05) is 12.1 Å². The zero-order chi connectivity index (χ0) is 8.39. The molecule has 0 aromatic heterocycles. The Morgan fingerprint density at radius 2 is 2.17 bits per heavy atom. The van der Waals surface area contributed by atoms with Crippen LogP contribution in [0.3, 0.4) is 0 Å². The van der Waals surface area contributed by atoms with Gasteiger partial charge in [-0.3, -0.25) is 5.32 Å². The molecular weight excluding hydrogens is 156 g/mol. The lowest BCUT2D eigenvalue weighted by molar-refractivity contribution is 0.174. The van der Waals surface area contributed by atoms with Crippen molar-refractivity contribution >= 4 is 5.69 Å². The number of fused-ring (bicyclic) bond motifs is 1. The number of ether oxygens (including phenoxy) is 2. The summed E-state index contributed by atoms with van der Waals surface area (Å²) in [5.41, 5.74) is 0.710. The van der Waals surface area contributed by atoms with Gasteiger partial charge in [-0.1, -0.05) is 0 Å². The van der Waals surface area contributed by atoms with Crippen molar-refractivity contribution in [2.45, 2.75) is 0 Å². The van der Waals surface area contributed by atoms with Crippen molar-refractivity contribution in [3.8, 4) is 17.7 Å². The standard InChI is InChI=1S/C8H6N2O2/c9-4-10-6-1-2-7-8(3-6)12-5-11-7/h1-3,10H,5H2. The lowest BCUT2D eigenvalue weighted by atomic mass is 10.3. The maximum Gasteiger partial charge on any atom is 0.231 e. The first-order valence-electron chi connectivity index (χ1n) is 3.45. The number of rotatable bonds is 1. The van der Waals surface area contributed by atoms with Crippen LogP contribution in [0.15, 0.2) is 18.2 Å². The Morgan fingerprint density at radius 3 is 3.00 bits per heavy atom. The first-order chi connectivity index (χ1) is 5.90. The van der Waals surface area contributed by atoms with E-state index in [1.54, 1.807) is 18.2 Å². The fourth-order valence-electron chi connectivity index (χ4n) is 1.04. The predicted octanol–water partition coefficient (Wildman–Crippen LogP) is 1.31. The molecule has 0 unspecified atom stereocenters. The molecule has 0 spiro atoms. The SMILES string of the molecule is N#CNc1ccc2c(c1)OCO2. The summed E-state index contributed by atoms with van der Waals surface area (Å²) in [5.74, 6) is 1.40. The van der Waals surface area contributed by atoms with Gasteiger partial charge in [0.25, 0.3) is 0 Å². The summed E-state index contributed by atoms with van der Waals surface area (Å²) >= 11 is 0. The Hall–Kier alpha value is -1.89. The largest absolute Gasteiger partial charge is 0.454 e. The molecule has 1 aromatic carbocycles. The van der Waals surface area contributed by atoms with Gasteiger partial charge in [-0.2, -0.15) is 5.26 Å². The van der Waals surface area contributed by atoms with Gasteiger partial charge in [-0.15, -0.1) is 0 Å². The summed E-state index contributed by atoms with van der Waals surface area (Å²) in [4.78, 5) is 0. The maximum absolute atomic E-state index is 8.34. The number of benzene rings is 1. The van der Waals surface area contributed by atoms with Crippen molar-refractivity contribution < 1.29 is 9.47 Å². The van der Waals surface area contributed by atoms with Gasteiger partial charge in [-0.25, -0.2) is 0 Å². The fourth-order valence-corrected chi connectivity index (χ4v) is 1.04. The predicted molar refractivity (Wildman–Crippen MR) is 41.8 cm³/mol. The molecule has 0 fully saturated rings. The minimum Gasteiger partial charge on any atom is -0.454 e. The minimum absolute atomic E-state index is 0.255. The van der Waals surface area contributed by atoms with E-state index in [-0.39, 0.29) is 6.79 Å². The first-order valence-corrected chi connectivity index (χ1v) is 3.45. The molecule has 1 heterocycles. The van der Waals surface area contributed by atoms with Crippen LogP contribution in [0, 0.1) is 11.5 Å². The normalized spacial score (nSPS) is 12.2. The smallest absolute Gasteiger partial charge is 0.231 e. The molecule has 0 aliphatic carbocycles. The van der Waals surface area contributed by atoms with Crippen molar-refractivity contribution in [2.24, 2.45) is 0 Å². The second-order valence-electron chi connectivity index (χ2n) is 2.30. The average molecular weight is 162 g/mol. The summed E-state index contributed by atoms with van der Waals surface area (Å²) in [5, 5.41) is 10.8. The van der Waals surface area contributed by atoms with Gasteiger partial charge < -0.3 is 9.47 Å². The molecule has 2 rings (SSSR count). The average Bonchev–Trinajstić information content (AvgIpc) is 2.51. The monoisotopic (exact) mass is 162 g/mol. The highest BCUT2D eigenvalue weighted by Gasteiger charge is 2.12. The highest BCUT2D eigenvalue weighted by molar-refractivity contribution is 5.57. The molecule has 1 aromatic rings. The van der Waals surface area contributed by atoms with Crippen LogP contribution in [0.25, 0.3) is 0 Å². The van der Waals surface area contributed by atoms with Crippen molar-refractivity contribution in [1.82, 2.24) is 0 Å². The summed E-state index contributed by atoms with van der Waals surface area (Å²) in [7, 11) is 0. The third-order valence-corrected chi connectivity index (χ3v) is 1.57. The van der Waals surface area contributed by atoms with Crippen LogP contribution in [0.4, 0.5) is 5.69 Å². The van der Waals surface area contributed by atoms with Crippen LogP contribution in [0.1, 0.15) is 0 Å². The second kappa shape index (κ2) is 2.62. The van der Waals surface area contributed by atoms with E-state index in [0.29, 0.717) is 11.4 Å². The van der Waals surface area contributed by atoms with Gasteiger partial charge in [0.05, 0.1) is 5.69 Å². The zero-order valence-electron chi connectivity index (χ0n) is 6.20. The van der Waals surface area contributed by atoms with E-state index in [4.69, 9.17) is 14.7 Å². The van der Waals surface area contributed by atoms with Crippen LogP contribution in [0.2, 0.25) is 0 Å². The molecule has 0 saturated heterocycles. The van der Waals surface area contributed by atoms with Gasteiger partial charge in [0.15, 0.2) is 17.7 Å². The summed E-state index contributed by atoms with van der Waals surface area (Å²) < 4.78 is 10.2. The Bertz CT molecular complexity index is 343. The number of nitrogens with one attached hydrogen (secondary N) is 1. The fraction of sp³-hybridized carbons (Fsp3) is 0.125. The van der Waals surface area contributed by atoms with Gasteiger partial charge >= 0.3 is 0 Å². The maximum atomic E-state index is 8.34. The molecule has 0 radical (unpaired) electrons. The molecule has 60 valence electrons. The molecule has 4 nitrogen and oxygen atoms in total. The zero-order valence-corrected chi connectivity index (χ0v) is 6.20. The van der Waals surface area contributed by atoms with E-state index in [1.165, 1.54) is 0 Å². The van der Waals surface area contributed by atoms with Crippen LogP contribution in [-0.2, 0) is 0 Å². The Morgan fingerprint density at radius 1 is 1.33 bits per heavy atom. The lowest BCUT2D eigenvalue weighted by Crippen LogP contribution is -1.92. The van der Waals surface area contributed by atoms with Crippen LogP contribution in [-0.4, -0.2) is 6.79 Å². The van der Waals surface area contributed by atoms with Crippen LogP contribution >= 0.6 is 0 Å². The molecule has 12 heavy (non-hydrogen) atoms. The number of nitrogens with zero attached hydrogens (tertiary/aromatic N) is 1. The van der Waals surface area contributed by atoms with E-state index in [9.17, 15) is 0 Å². The molecule has 0 bridgehead atoms. The van der Waals surface area contributed by atoms with Crippen molar-refractivity contribution in [1.29, 1.82) is 5.26 Å². The van der Waals surface area contributed by atoms with Gasteiger partial charge in [0.2, 0.25) is 6.79 Å². The minimum atomic E-state index is 0.255. The Labute approximate surface area is 69.3 Å². The van der Waals surface area contributed by atoms with Crippen molar-refractivity contribution in [3.63, 3.8) is 0 Å². The molecule has 1 N–H and O–H groups in total. The quantitative estimate of drug-likeness (QED) is 0.499. The molecule has 0 atom stereocenters.